The van der Waals surface area contributed by atoms with Crippen LogP contribution in [0.1, 0.15) is 67.7 Å². The predicted octanol–water partition coefficient (Wildman–Crippen LogP) is 3.79. The van der Waals surface area contributed by atoms with Crippen molar-refractivity contribution in [2.24, 2.45) is 0 Å². The number of imidazole rings is 1. The molecule has 1 saturated heterocycles. The van der Waals surface area contributed by atoms with Crippen LogP contribution in [0.3, 0.4) is 0 Å². The number of aromatic nitrogens is 3. The van der Waals surface area contributed by atoms with Gasteiger partial charge in [-0.1, -0.05) is 25.5 Å². The third kappa shape index (κ3) is 5.07. The number of benzene rings is 1. The van der Waals surface area contributed by atoms with E-state index in [1.165, 1.54) is 0 Å². The van der Waals surface area contributed by atoms with Crippen molar-refractivity contribution in [3.05, 3.63) is 47.5 Å². The highest BCUT2D eigenvalue weighted by atomic mass is 16.2. The zero-order valence-electron chi connectivity index (χ0n) is 21.2. The van der Waals surface area contributed by atoms with E-state index in [0.29, 0.717) is 30.5 Å². The molecule has 1 aliphatic heterocycles. The first kappa shape index (κ1) is 24.9. The number of piperidine rings is 1. The maximum absolute atomic E-state index is 13.0. The van der Waals surface area contributed by atoms with E-state index >= 15 is 0 Å². The number of nitrogen functional groups attached to an aromatic ring is 1. The maximum Gasteiger partial charge on any atom is 0.236 e. The number of nitrogens with zero attached hydrogens (tertiary/aromatic N) is 5. The third-order valence-electron chi connectivity index (χ3n) is 7.06. The number of rotatable bonds is 8. The smallest absolute Gasteiger partial charge is 0.236 e. The number of hydrogen-bond donors (Lipinski definition) is 1. The van der Waals surface area contributed by atoms with E-state index in [1.807, 2.05) is 40.7 Å². The highest BCUT2D eigenvalue weighted by Crippen LogP contribution is 2.35. The molecule has 8 heteroatoms. The Morgan fingerprint density at radius 2 is 2.14 bits per heavy atom. The largest absolute Gasteiger partial charge is 0.382 e. The molecule has 2 aromatic heterocycles. The molecule has 186 valence electrons. The van der Waals surface area contributed by atoms with Crippen molar-refractivity contribution in [3.63, 3.8) is 0 Å². The van der Waals surface area contributed by atoms with Gasteiger partial charge in [-0.3, -0.25) is 18.9 Å². The molecule has 3 heterocycles. The second-order valence-electron chi connectivity index (χ2n) is 9.82. The van der Waals surface area contributed by atoms with E-state index in [-0.39, 0.29) is 11.8 Å². The van der Waals surface area contributed by atoms with Crippen LogP contribution < -0.4 is 5.73 Å². The van der Waals surface area contributed by atoms with Crippen LogP contribution >= 0.6 is 0 Å². The molecule has 4 rings (SSSR count). The molecule has 35 heavy (non-hydrogen) atoms. The SMILES string of the molecule is CCCc1cc(C=O)ccc1-c1nc(C2CCCN(C(=O)CN(C)C(C)C)C2)n2ccnc(N)c12. The maximum atomic E-state index is 13.0. The molecule has 0 aliphatic carbocycles. The van der Waals surface area contributed by atoms with Gasteiger partial charge in [0.05, 0.1) is 6.54 Å². The number of aryl methyl sites for hydroxylation is 1. The Bertz CT molecular complexity index is 1220. The highest BCUT2D eigenvalue weighted by Gasteiger charge is 2.30. The zero-order valence-corrected chi connectivity index (χ0v) is 21.2. The summed E-state index contributed by atoms with van der Waals surface area (Å²) in [6.45, 7) is 8.13. The minimum atomic E-state index is 0.101. The van der Waals surface area contributed by atoms with Crippen LogP contribution in [-0.2, 0) is 11.2 Å². The standard InChI is InChI=1S/C27H36N6O2/c1-5-7-20-14-19(17-34)9-10-22(20)24-25-26(28)29-11-13-33(25)27(30-24)21-8-6-12-32(15-21)23(35)16-31(4)18(2)3/h9-11,13-14,17-18,21H,5-8,12,15-16H2,1-4H3,(H2,28,29). The van der Waals surface area contributed by atoms with E-state index in [9.17, 15) is 9.59 Å². The van der Waals surface area contributed by atoms with Gasteiger partial charge in [-0.05, 0) is 51.8 Å². The van der Waals surface area contributed by atoms with Gasteiger partial charge in [-0.2, -0.15) is 0 Å². The van der Waals surface area contributed by atoms with Crippen molar-refractivity contribution < 1.29 is 9.59 Å². The second-order valence-corrected chi connectivity index (χ2v) is 9.82. The number of carbonyl (C=O) groups excluding carboxylic acids is 2. The number of hydrogen-bond acceptors (Lipinski definition) is 6. The van der Waals surface area contributed by atoms with Gasteiger partial charge in [0.25, 0.3) is 0 Å². The summed E-state index contributed by atoms with van der Waals surface area (Å²) in [6.07, 6.45) is 8.15. The van der Waals surface area contributed by atoms with Crippen LogP contribution in [-0.4, -0.2) is 69.1 Å². The molecule has 3 aromatic rings. The summed E-state index contributed by atoms with van der Waals surface area (Å²) < 4.78 is 2.04. The first-order valence-electron chi connectivity index (χ1n) is 12.5. The molecule has 0 radical (unpaired) electrons. The van der Waals surface area contributed by atoms with Gasteiger partial charge in [-0.25, -0.2) is 9.97 Å². The molecule has 0 saturated carbocycles. The Hall–Kier alpha value is -3.26. The lowest BCUT2D eigenvalue weighted by Gasteiger charge is -2.34. The number of likely N-dealkylation sites (tertiary alicyclic amines) is 1. The molecular formula is C27H36N6O2. The molecule has 1 aromatic carbocycles. The zero-order chi connectivity index (χ0) is 25.1. The van der Waals surface area contributed by atoms with Crippen LogP contribution in [0.15, 0.2) is 30.6 Å². The van der Waals surface area contributed by atoms with Gasteiger partial charge in [0.1, 0.15) is 29.1 Å². The number of amides is 1. The van der Waals surface area contributed by atoms with Gasteiger partial charge < -0.3 is 10.6 Å². The molecular weight excluding hydrogens is 440 g/mol. The van der Waals surface area contributed by atoms with Crippen molar-refractivity contribution in [2.75, 3.05) is 32.4 Å². The highest BCUT2D eigenvalue weighted by molar-refractivity contribution is 5.88. The number of anilines is 1. The van der Waals surface area contributed by atoms with E-state index in [2.05, 4.69) is 30.7 Å². The molecule has 1 atom stereocenters. The average molecular weight is 477 g/mol. The Morgan fingerprint density at radius 3 is 2.86 bits per heavy atom. The van der Waals surface area contributed by atoms with Crippen LogP contribution in [0, 0.1) is 0 Å². The molecule has 0 bridgehead atoms. The molecule has 1 fully saturated rings. The molecule has 1 amide bonds. The number of likely N-dealkylation sites (N-methyl/N-ethyl adjacent to an activating group) is 1. The molecule has 1 aliphatic rings. The van der Waals surface area contributed by atoms with E-state index in [0.717, 1.165) is 66.7 Å². The monoisotopic (exact) mass is 476 g/mol. The Balaban J connectivity index is 1.74. The van der Waals surface area contributed by atoms with E-state index in [1.54, 1.807) is 6.20 Å². The van der Waals surface area contributed by atoms with Crippen LogP contribution in [0.4, 0.5) is 5.82 Å². The Kier molecular flexibility index (Phi) is 7.50. The number of nitrogens with two attached hydrogens (primary N) is 1. The molecule has 8 nitrogen and oxygen atoms in total. The lowest BCUT2D eigenvalue weighted by atomic mass is 9.96. The van der Waals surface area contributed by atoms with Crippen molar-refractivity contribution in [1.29, 1.82) is 0 Å². The van der Waals surface area contributed by atoms with Gasteiger partial charge in [0.2, 0.25) is 5.91 Å². The summed E-state index contributed by atoms with van der Waals surface area (Å²) >= 11 is 0. The topological polar surface area (TPSA) is 96.8 Å². The van der Waals surface area contributed by atoms with E-state index in [4.69, 9.17) is 10.7 Å². The summed E-state index contributed by atoms with van der Waals surface area (Å²) in [5.41, 5.74) is 10.6. The van der Waals surface area contributed by atoms with Gasteiger partial charge in [0, 0.05) is 48.6 Å². The van der Waals surface area contributed by atoms with Crippen LogP contribution in [0.5, 0.6) is 0 Å². The summed E-state index contributed by atoms with van der Waals surface area (Å²) in [4.78, 5) is 37.9. The van der Waals surface area contributed by atoms with Gasteiger partial charge in [0.15, 0.2) is 0 Å². The Morgan fingerprint density at radius 1 is 1.34 bits per heavy atom. The minimum Gasteiger partial charge on any atom is -0.382 e. The van der Waals surface area contributed by atoms with Crippen molar-refractivity contribution in [3.8, 4) is 11.3 Å². The van der Waals surface area contributed by atoms with Gasteiger partial charge >= 0.3 is 0 Å². The summed E-state index contributed by atoms with van der Waals surface area (Å²) in [6, 6.07) is 6.04. The Labute approximate surface area is 207 Å². The quantitative estimate of drug-likeness (QED) is 0.497. The van der Waals surface area contributed by atoms with E-state index < -0.39 is 0 Å². The second kappa shape index (κ2) is 10.6. The normalized spacial score (nSPS) is 16.4. The fraction of sp³-hybridized carbons (Fsp3) is 0.481. The lowest BCUT2D eigenvalue weighted by molar-refractivity contribution is -0.133. The average Bonchev–Trinajstić information content (AvgIpc) is 3.25. The first-order valence-corrected chi connectivity index (χ1v) is 12.5. The number of aldehydes is 1. The van der Waals surface area contributed by atoms with Crippen LogP contribution in [0.2, 0.25) is 0 Å². The predicted molar refractivity (Wildman–Crippen MR) is 139 cm³/mol. The summed E-state index contributed by atoms with van der Waals surface area (Å²) in [5.74, 6) is 1.58. The fourth-order valence-electron chi connectivity index (χ4n) is 4.87. The summed E-state index contributed by atoms with van der Waals surface area (Å²) in [7, 11) is 1.98. The minimum absolute atomic E-state index is 0.101. The summed E-state index contributed by atoms with van der Waals surface area (Å²) in [5, 5.41) is 0. The molecule has 0 spiro atoms. The van der Waals surface area contributed by atoms with Crippen molar-refractivity contribution in [1.82, 2.24) is 24.2 Å². The van der Waals surface area contributed by atoms with Crippen molar-refractivity contribution in [2.45, 2.75) is 58.4 Å². The number of carbonyl (C=O) groups is 2. The number of fused-ring (bicyclic) bond motifs is 1. The van der Waals surface area contributed by atoms with Gasteiger partial charge in [-0.15, -0.1) is 0 Å². The van der Waals surface area contributed by atoms with Crippen LogP contribution in [0.25, 0.3) is 16.8 Å². The first-order chi connectivity index (χ1) is 16.8. The lowest BCUT2D eigenvalue weighted by Crippen LogP contribution is -2.45. The van der Waals surface area contributed by atoms with Crippen molar-refractivity contribution >= 4 is 23.5 Å². The molecule has 2 N–H and O–H groups in total. The third-order valence-corrected chi connectivity index (χ3v) is 7.06. The fourth-order valence-corrected chi connectivity index (χ4v) is 4.87. The molecule has 1 unspecified atom stereocenters.